The number of esters is 1. The molecule has 0 saturated heterocycles. The first kappa shape index (κ1) is 15.3. The number of rotatable bonds is 6. The second-order valence-electron chi connectivity index (χ2n) is 4.59. The molecule has 5 heteroatoms. The summed E-state index contributed by atoms with van der Waals surface area (Å²) in [5, 5.41) is 13.0. The number of nitrogens with one attached hydrogen (secondary N) is 1. The molecule has 0 fully saturated rings. The van der Waals surface area contributed by atoms with Crippen molar-refractivity contribution in [1.82, 2.24) is 5.32 Å². The second-order valence-corrected chi connectivity index (χ2v) is 4.59. The van der Waals surface area contributed by atoms with Crippen LogP contribution in [0.15, 0.2) is 18.2 Å². The number of para-hydroxylation sites is 1. The fourth-order valence-electron chi connectivity index (χ4n) is 1.81. The molecule has 0 amide bonds. The van der Waals surface area contributed by atoms with Crippen molar-refractivity contribution in [3.63, 3.8) is 0 Å². The van der Waals surface area contributed by atoms with Crippen LogP contribution in [0.2, 0.25) is 0 Å². The average molecular weight is 267 g/mol. The number of methoxy groups -OCH3 is 2. The Labute approximate surface area is 113 Å². The van der Waals surface area contributed by atoms with E-state index in [-0.39, 0.29) is 17.6 Å². The van der Waals surface area contributed by atoms with Crippen LogP contribution in [0.25, 0.3) is 0 Å². The van der Waals surface area contributed by atoms with Crippen LogP contribution in [-0.2, 0) is 16.1 Å². The molecular weight excluding hydrogens is 246 g/mol. The molecular formula is C14H21NO4. The summed E-state index contributed by atoms with van der Waals surface area (Å²) in [6, 6.07) is 4.84. The quantitative estimate of drug-likeness (QED) is 0.768. The Morgan fingerprint density at radius 2 is 2.05 bits per heavy atom. The molecule has 1 unspecified atom stereocenters. The minimum Gasteiger partial charge on any atom is -0.504 e. The molecule has 2 N–H and O–H groups in total. The molecule has 0 spiro atoms. The molecule has 0 aromatic heterocycles. The fraction of sp³-hybridized carbons (Fsp3) is 0.500. The van der Waals surface area contributed by atoms with Gasteiger partial charge < -0.3 is 14.6 Å². The van der Waals surface area contributed by atoms with Gasteiger partial charge in [0.05, 0.1) is 14.2 Å². The van der Waals surface area contributed by atoms with E-state index < -0.39 is 6.04 Å². The second kappa shape index (κ2) is 6.99. The van der Waals surface area contributed by atoms with E-state index in [9.17, 15) is 9.90 Å². The van der Waals surface area contributed by atoms with E-state index in [0.29, 0.717) is 17.9 Å². The van der Waals surface area contributed by atoms with Gasteiger partial charge in [-0.25, -0.2) is 0 Å². The lowest BCUT2D eigenvalue weighted by Gasteiger charge is -2.20. The van der Waals surface area contributed by atoms with Crippen molar-refractivity contribution in [2.45, 2.75) is 26.4 Å². The summed E-state index contributed by atoms with van der Waals surface area (Å²) in [5.74, 6) is 0.293. The van der Waals surface area contributed by atoms with Crippen LogP contribution in [0.1, 0.15) is 19.4 Å². The van der Waals surface area contributed by atoms with E-state index in [2.05, 4.69) is 5.32 Å². The largest absolute Gasteiger partial charge is 0.504 e. The van der Waals surface area contributed by atoms with Crippen LogP contribution >= 0.6 is 0 Å². The van der Waals surface area contributed by atoms with Gasteiger partial charge in [-0.3, -0.25) is 10.1 Å². The van der Waals surface area contributed by atoms with E-state index in [1.807, 2.05) is 13.8 Å². The molecule has 0 aliphatic heterocycles. The molecule has 5 nitrogen and oxygen atoms in total. The molecule has 0 aliphatic rings. The minimum absolute atomic E-state index is 0.0878. The maximum atomic E-state index is 11.6. The van der Waals surface area contributed by atoms with Crippen molar-refractivity contribution in [3.8, 4) is 11.5 Å². The number of aromatic hydroxyl groups is 1. The molecule has 1 rings (SSSR count). The third-order valence-electron chi connectivity index (χ3n) is 2.94. The van der Waals surface area contributed by atoms with E-state index in [4.69, 9.17) is 9.47 Å². The summed E-state index contributed by atoms with van der Waals surface area (Å²) in [5.41, 5.74) is 0.675. The van der Waals surface area contributed by atoms with Gasteiger partial charge in [0.15, 0.2) is 11.5 Å². The normalized spacial score (nSPS) is 12.3. The number of hydrogen-bond acceptors (Lipinski definition) is 5. The Morgan fingerprint density at radius 3 is 2.58 bits per heavy atom. The molecule has 1 atom stereocenters. The number of carbonyl (C=O) groups excluding carboxylic acids is 1. The molecule has 1 aromatic carbocycles. The van der Waals surface area contributed by atoms with Crippen molar-refractivity contribution in [2.24, 2.45) is 5.92 Å². The van der Waals surface area contributed by atoms with Crippen LogP contribution in [0.5, 0.6) is 11.5 Å². The highest BCUT2D eigenvalue weighted by Gasteiger charge is 2.22. The van der Waals surface area contributed by atoms with Crippen LogP contribution in [0, 0.1) is 5.92 Å². The van der Waals surface area contributed by atoms with Gasteiger partial charge in [-0.05, 0) is 12.0 Å². The molecule has 1 aromatic rings. The molecule has 106 valence electrons. The average Bonchev–Trinajstić information content (AvgIpc) is 2.40. The highest BCUT2D eigenvalue weighted by atomic mass is 16.5. The Balaban J connectivity index is 2.77. The van der Waals surface area contributed by atoms with Crippen LogP contribution in [-0.4, -0.2) is 31.3 Å². The van der Waals surface area contributed by atoms with Gasteiger partial charge in [0.25, 0.3) is 0 Å². The Hall–Kier alpha value is -1.75. The maximum absolute atomic E-state index is 11.6. The van der Waals surface area contributed by atoms with Gasteiger partial charge in [-0.2, -0.15) is 0 Å². The molecule has 0 aliphatic carbocycles. The van der Waals surface area contributed by atoms with Gasteiger partial charge in [0.1, 0.15) is 6.04 Å². The lowest BCUT2D eigenvalue weighted by molar-refractivity contribution is -0.144. The van der Waals surface area contributed by atoms with Gasteiger partial charge in [0.2, 0.25) is 0 Å². The first-order valence-electron chi connectivity index (χ1n) is 6.17. The summed E-state index contributed by atoms with van der Waals surface area (Å²) < 4.78 is 9.79. The molecule has 0 saturated carbocycles. The van der Waals surface area contributed by atoms with Crippen LogP contribution in [0.4, 0.5) is 0 Å². The van der Waals surface area contributed by atoms with E-state index in [1.165, 1.54) is 14.2 Å². The van der Waals surface area contributed by atoms with Crippen molar-refractivity contribution >= 4 is 5.97 Å². The predicted octanol–water partition coefficient (Wildman–Crippen LogP) is 1.69. The van der Waals surface area contributed by atoms with Gasteiger partial charge in [-0.15, -0.1) is 0 Å². The number of ether oxygens (including phenoxy) is 2. The zero-order valence-electron chi connectivity index (χ0n) is 11.8. The summed E-state index contributed by atoms with van der Waals surface area (Å²) in [4.78, 5) is 11.6. The first-order valence-corrected chi connectivity index (χ1v) is 6.17. The van der Waals surface area contributed by atoms with E-state index in [1.54, 1.807) is 18.2 Å². The monoisotopic (exact) mass is 267 g/mol. The first-order chi connectivity index (χ1) is 9.01. The highest BCUT2D eigenvalue weighted by Crippen LogP contribution is 2.29. The zero-order valence-corrected chi connectivity index (χ0v) is 11.8. The molecule has 0 radical (unpaired) electrons. The van der Waals surface area contributed by atoms with Crippen LogP contribution in [0.3, 0.4) is 0 Å². The third-order valence-corrected chi connectivity index (χ3v) is 2.94. The lowest BCUT2D eigenvalue weighted by Crippen LogP contribution is -2.41. The Bertz CT molecular complexity index is 431. The van der Waals surface area contributed by atoms with Gasteiger partial charge in [0, 0.05) is 12.1 Å². The third kappa shape index (κ3) is 3.86. The smallest absolute Gasteiger partial charge is 0.323 e. The summed E-state index contributed by atoms with van der Waals surface area (Å²) in [7, 11) is 2.86. The van der Waals surface area contributed by atoms with Crippen molar-refractivity contribution in [2.75, 3.05) is 14.2 Å². The number of benzene rings is 1. The fourth-order valence-corrected chi connectivity index (χ4v) is 1.81. The molecule has 0 heterocycles. The summed E-state index contributed by atoms with van der Waals surface area (Å²) in [6.45, 7) is 4.22. The zero-order chi connectivity index (χ0) is 14.4. The number of carbonyl (C=O) groups is 1. The standard InChI is InChI=1S/C14H21NO4/c1-9(2)12(14(17)19-4)15-8-10-6-5-7-11(18-3)13(10)16/h5-7,9,12,15-16H,8H2,1-4H3. The SMILES string of the molecule is COC(=O)C(NCc1cccc(OC)c1O)C(C)C. The maximum Gasteiger partial charge on any atom is 0.323 e. The van der Waals surface area contributed by atoms with E-state index >= 15 is 0 Å². The minimum atomic E-state index is -0.407. The Morgan fingerprint density at radius 1 is 1.37 bits per heavy atom. The number of hydrogen-bond donors (Lipinski definition) is 2. The van der Waals surface area contributed by atoms with Gasteiger partial charge in [-0.1, -0.05) is 26.0 Å². The van der Waals surface area contributed by atoms with Crippen molar-refractivity contribution in [1.29, 1.82) is 0 Å². The summed E-state index contributed by atoms with van der Waals surface area (Å²) >= 11 is 0. The predicted molar refractivity (Wildman–Crippen MR) is 72.1 cm³/mol. The highest BCUT2D eigenvalue weighted by molar-refractivity contribution is 5.75. The molecule has 0 bridgehead atoms. The van der Waals surface area contributed by atoms with Gasteiger partial charge >= 0.3 is 5.97 Å². The van der Waals surface area contributed by atoms with E-state index in [0.717, 1.165) is 0 Å². The topological polar surface area (TPSA) is 67.8 Å². The van der Waals surface area contributed by atoms with Crippen LogP contribution < -0.4 is 10.1 Å². The lowest BCUT2D eigenvalue weighted by atomic mass is 10.0. The molecule has 19 heavy (non-hydrogen) atoms. The Kier molecular flexibility index (Phi) is 5.63. The number of phenolic OH excluding ortho intramolecular Hbond substituents is 1. The van der Waals surface area contributed by atoms with Crippen molar-refractivity contribution in [3.05, 3.63) is 23.8 Å². The number of phenols is 1. The summed E-state index contributed by atoms with van der Waals surface area (Å²) in [6.07, 6.45) is 0. The van der Waals surface area contributed by atoms with Crippen molar-refractivity contribution < 1.29 is 19.4 Å².